The van der Waals surface area contributed by atoms with Crippen molar-refractivity contribution in [2.75, 3.05) is 7.05 Å². The van der Waals surface area contributed by atoms with E-state index < -0.39 is 0 Å². The van der Waals surface area contributed by atoms with Crippen LogP contribution in [0.2, 0.25) is 0 Å². The van der Waals surface area contributed by atoms with Crippen molar-refractivity contribution >= 4 is 0 Å². The third-order valence-corrected chi connectivity index (χ3v) is 3.39. The van der Waals surface area contributed by atoms with Crippen molar-refractivity contribution in [3.8, 4) is 11.1 Å². The molecule has 19 heavy (non-hydrogen) atoms. The third-order valence-electron chi connectivity index (χ3n) is 3.39. The van der Waals surface area contributed by atoms with Crippen molar-refractivity contribution in [2.45, 2.75) is 19.9 Å². The van der Waals surface area contributed by atoms with E-state index in [0.29, 0.717) is 16.7 Å². The van der Waals surface area contributed by atoms with Crippen molar-refractivity contribution in [2.24, 2.45) is 0 Å². The molecule has 100 valence electrons. The van der Waals surface area contributed by atoms with E-state index in [1.165, 1.54) is 12.1 Å². The molecule has 0 fully saturated rings. The van der Waals surface area contributed by atoms with Crippen LogP contribution in [0.5, 0.6) is 0 Å². The zero-order chi connectivity index (χ0) is 14.0. The summed E-state index contributed by atoms with van der Waals surface area (Å²) in [6.45, 7) is 3.68. The number of halogens is 2. The van der Waals surface area contributed by atoms with Crippen molar-refractivity contribution in [3.63, 3.8) is 0 Å². The molecule has 0 aliphatic heterocycles. The van der Waals surface area contributed by atoms with Gasteiger partial charge >= 0.3 is 0 Å². The summed E-state index contributed by atoms with van der Waals surface area (Å²) in [5.74, 6) is -0.568. The van der Waals surface area contributed by atoms with Crippen LogP contribution in [0.3, 0.4) is 0 Å². The van der Waals surface area contributed by atoms with Gasteiger partial charge in [0.25, 0.3) is 0 Å². The smallest absolute Gasteiger partial charge is 0.131 e. The lowest BCUT2D eigenvalue weighted by Crippen LogP contribution is -2.12. The maximum absolute atomic E-state index is 13.9. The van der Waals surface area contributed by atoms with Crippen LogP contribution in [0.4, 0.5) is 8.78 Å². The molecule has 2 rings (SSSR count). The number of hydrogen-bond acceptors (Lipinski definition) is 1. The number of hydrogen-bond donors (Lipinski definition) is 1. The van der Waals surface area contributed by atoms with Crippen molar-refractivity contribution in [1.82, 2.24) is 5.32 Å². The lowest BCUT2D eigenvalue weighted by molar-refractivity contribution is 0.616. The molecule has 0 aliphatic rings. The summed E-state index contributed by atoms with van der Waals surface area (Å²) in [6.07, 6.45) is 0. The van der Waals surface area contributed by atoms with Crippen LogP contribution in [0, 0.1) is 18.6 Å². The summed E-state index contributed by atoms with van der Waals surface area (Å²) < 4.78 is 27.2. The Hall–Kier alpha value is -1.74. The van der Waals surface area contributed by atoms with E-state index in [1.807, 2.05) is 20.0 Å². The van der Waals surface area contributed by atoms with Gasteiger partial charge in [0.2, 0.25) is 0 Å². The molecule has 0 aromatic heterocycles. The quantitative estimate of drug-likeness (QED) is 0.872. The highest BCUT2D eigenvalue weighted by Gasteiger charge is 2.10. The first-order valence-electron chi connectivity index (χ1n) is 6.26. The Bertz CT molecular complexity index is 593. The Morgan fingerprint density at radius 1 is 1.00 bits per heavy atom. The summed E-state index contributed by atoms with van der Waals surface area (Å²) in [5, 5.41) is 3.12. The molecule has 1 atom stereocenters. The molecule has 2 aromatic rings. The molecule has 0 saturated heterocycles. The van der Waals surface area contributed by atoms with Crippen molar-refractivity contribution in [3.05, 3.63) is 59.2 Å². The van der Waals surface area contributed by atoms with Gasteiger partial charge in [0.1, 0.15) is 11.6 Å². The molecule has 0 heterocycles. The predicted molar refractivity (Wildman–Crippen MR) is 74.0 cm³/mol. The van der Waals surface area contributed by atoms with Gasteiger partial charge in [0, 0.05) is 11.6 Å². The number of rotatable bonds is 3. The second kappa shape index (κ2) is 5.49. The Morgan fingerprint density at radius 3 is 2.32 bits per heavy atom. The molecule has 0 amide bonds. The SMILES string of the molecule is CNC(C)c1ccc(F)c(-c2ccc(F)c(C)c2)c1. The number of nitrogens with one attached hydrogen (secondary N) is 1. The van der Waals surface area contributed by atoms with Gasteiger partial charge in [-0.3, -0.25) is 0 Å². The Labute approximate surface area is 112 Å². The predicted octanol–water partition coefficient (Wildman–Crippen LogP) is 4.22. The van der Waals surface area contributed by atoms with Crippen LogP contribution in [-0.2, 0) is 0 Å². The van der Waals surface area contributed by atoms with Gasteiger partial charge in [0.05, 0.1) is 0 Å². The topological polar surface area (TPSA) is 12.0 Å². The molecule has 0 aliphatic carbocycles. The third kappa shape index (κ3) is 2.82. The first-order valence-corrected chi connectivity index (χ1v) is 6.26. The molecule has 2 aromatic carbocycles. The summed E-state index contributed by atoms with van der Waals surface area (Å²) >= 11 is 0. The van der Waals surface area contributed by atoms with Gasteiger partial charge in [-0.1, -0.05) is 12.1 Å². The fourth-order valence-corrected chi connectivity index (χ4v) is 2.01. The van der Waals surface area contributed by atoms with Crippen LogP contribution in [0.1, 0.15) is 24.1 Å². The number of aryl methyl sites for hydroxylation is 1. The highest BCUT2D eigenvalue weighted by Crippen LogP contribution is 2.27. The summed E-state index contributed by atoms with van der Waals surface area (Å²) in [4.78, 5) is 0. The first kappa shape index (κ1) is 13.7. The van der Waals surface area contributed by atoms with Gasteiger partial charge in [-0.05, 0) is 61.9 Å². The average molecular weight is 261 g/mol. The molecule has 1 N–H and O–H groups in total. The zero-order valence-electron chi connectivity index (χ0n) is 11.3. The maximum Gasteiger partial charge on any atom is 0.131 e. The van der Waals surface area contributed by atoms with Crippen LogP contribution in [0.15, 0.2) is 36.4 Å². The fourth-order valence-electron chi connectivity index (χ4n) is 2.01. The average Bonchev–Trinajstić information content (AvgIpc) is 2.41. The van der Waals surface area contributed by atoms with Gasteiger partial charge in [-0.2, -0.15) is 0 Å². The minimum Gasteiger partial charge on any atom is -0.313 e. The Kier molecular flexibility index (Phi) is 3.96. The van der Waals surface area contributed by atoms with Crippen LogP contribution < -0.4 is 5.32 Å². The standard InChI is InChI=1S/C16H17F2N/c1-10-8-13(5-6-15(10)17)14-9-12(11(2)19-3)4-7-16(14)18/h4-9,11,19H,1-3H3. The molecule has 3 heteroatoms. The molecular formula is C16H17F2N. The maximum atomic E-state index is 13.9. The second-order valence-electron chi connectivity index (χ2n) is 4.71. The summed E-state index contributed by atoms with van der Waals surface area (Å²) in [5.41, 5.74) is 2.72. The lowest BCUT2D eigenvalue weighted by atomic mass is 9.98. The Balaban J connectivity index is 2.51. The summed E-state index contributed by atoms with van der Waals surface area (Å²) in [6, 6.07) is 9.81. The molecule has 1 unspecified atom stereocenters. The molecule has 0 radical (unpaired) electrons. The Morgan fingerprint density at radius 2 is 1.68 bits per heavy atom. The summed E-state index contributed by atoms with van der Waals surface area (Å²) in [7, 11) is 1.86. The fraction of sp³-hybridized carbons (Fsp3) is 0.250. The van der Waals surface area contributed by atoms with E-state index in [9.17, 15) is 8.78 Å². The first-order chi connectivity index (χ1) is 9.02. The van der Waals surface area contributed by atoms with Gasteiger partial charge < -0.3 is 5.32 Å². The number of benzene rings is 2. The van der Waals surface area contributed by atoms with Crippen molar-refractivity contribution in [1.29, 1.82) is 0 Å². The van der Waals surface area contributed by atoms with Gasteiger partial charge in [-0.25, -0.2) is 8.78 Å². The van der Waals surface area contributed by atoms with Gasteiger partial charge in [0.15, 0.2) is 0 Å². The highest BCUT2D eigenvalue weighted by molar-refractivity contribution is 5.66. The van der Waals surface area contributed by atoms with Crippen LogP contribution >= 0.6 is 0 Å². The molecule has 0 saturated carbocycles. The van der Waals surface area contributed by atoms with Crippen LogP contribution in [-0.4, -0.2) is 7.05 Å². The monoisotopic (exact) mass is 261 g/mol. The molecule has 0 bridgehead atoms. The minimum atomic E-state index is -0.293. The molecule has 1 nitrogen and oxygen atoms in total. The lowest BCUT2D eigenvalue weighted by Gasteiger charge is -2.13. The zero-order valence-corrected chi connectivity index (χ0v) is 11.3. The van der Waals surface area contributed by atoms with E-state index >= 15 is 0 Å². The van der Waals surface area contributed by atoms with E-state index in [4.69, 9.17) is 0 Å². The van der Waals surface area contributed by atoms with Crippen LogP contribution in [0.25, 0.3) is 11.1 Å². The normalized spacial score (nSPS) is 12.5. The largest absolute Gasteiger partial charge is 0.313 e. The van der Waals surface area contributed by atoms with Crippen molar-refractivity contribution < 1.29 is 8.78 Å². The van der Waals surface area contributed by atoms with E-state index in [1.54, 1.807) is 25.1 Å². The molecular weight excluding hydrogens is 244 g/mol. The van der Waals surface area contributed by atoms with E-state index in [0.717, 1.165) is 5.56 Å². The van der Waals surface area contributed by atoms with E-state index in [-0.39, 0.29) is 17.7 Å². The molecule has 0 spiro atoms. The van der Waals surface area contributed by atoms with Gasteiger partial charge in [-0.15, -0.1) is 0 Å². The second-order valence-corrected chi connectivity index (χ2v) is 4.71. The highest BCUT2D eigenvalue weighted by atomic mass is 19.1. The minimum absolute atomic E-state index is 0.140. The van der Waals surface area contributed by atoms with E-state index in [2.05, 4.69) is 5.32 Å².